The topological polar surface area (TPSA) is 59.8 Å². The third-order valence-corrected chi connectivity index (χ3v) is 4.83. The van der Waals surface area contributed by atoms with E-state index in [2.05, 4.69) is 37.6 Å². The summed E-state index contributed by atoms with van der Waals surface area (Å²) in [6.45, 7) is 2.51. The van der Waals surface area contributed by atoms with Crippen LogP contribution in [0.15, 0.2) is 40.4 Å². The molecule has 24 heavy (non-hydrogen) atoms. The van der Waals surface area contributed by atoms with Gasteiger partial charge in [-0.2, -0.15) is 0 Å². The summed E-state index contributed by atoms with van der Waals surface area (Å²) in [7, 11) is 0. The van der Waals surface area contributed by atoms with Crippen LogP contribution in [0.5, 0.6) is 0 Å². The standard InChI is InChI=1S/C18H21BrN4O/c1-13-17(18(24)20-12-11-14-5-3-2-4-6-14)21-22-23(13)16-9-7-15(19)8-10-16/h5,7-10H,2-4,6,11-12H2,1H3,(H,20,24). The molecule has 5 nitrogen and oxygen atoms in total. The first-order chi connectivity index (χ1) is 11.6. The van der Waals surface area contributed by atoms with Crippen LogP contribution in [0, 0.1) is 6.92 Å². The van der Waals surface area contributed by atoms with Gasteiger partial charge in [-0.15, -0.1) is 5.10 Å². The highest BCUT2D eigenvalue weighted by molar-refractivity contribution is 9.10. The summed E-state index contributed by atoms with van der Waals surface area (Å²) in [5.41, 5.74) is 3.47. The Hall–Kier alpha value is -1.95. The number of hydrogen-bond donors (Lipinski definition) is 1. The predicted molar refractivity (Wildman–Crippen MR) is 97.3 cm³/mol. The monoisotopic (exact) mass is 388 g/mol. The maximum absolute atomic E-state index is 12.4. The molecule has 0 saturated heterocycles. The van der Waals surface area contributed by atoms with Crippen molar-refractivity contribution in [2.45, 2.75) is 39.0 Å². The largest absolute Gasteiger partial charge is 0.350 e. The van der Waals surface area contributed by atoms with Gasteiger partial charge >= 0.3 is 0 Å². The van der Waals surface area contributed by atoms with E-state index < -0.39 is 0 Å². The van der Waals surface area contributed by atoms with Crippen molar-refractivity contribution in [3.8, 4) is 5.69 Å². The Bertz CT molecular complexity index is 749. The van der Waals surface area contributed by atoms with Crippen LogP contribution in [0.3, 0.4) is 0 Å². The normalized spacial score (nSPS) is 14.3. The average molecular weight is 389 g/mol. The minimum atomic E-state index is -0.160. The number of benzene rings is 1. The van der Waals surface area contributed by atoms with Gasteiger partial charge in [-0.3, -0.25) is 4.79 Å². The zero-order valence-corrected chi connectivity index (χ0v) is 15.3. The molecule has 6 heteroatoms. The van der Waals surface area contributed by atoms with Crippen molar-refractivity contribution in [2.24, 2.45) is 0 Å². The van der Waals surface area contributed by atoms with Crippen LogP contribution in [-0.2, 0) is 0 Å². The van der Waals surface area contributed by atoms with Crippen molar-refractivity contribution in [3.05, 3.63) is 51.8 Å². The molecule has 3 rings (SSSR count). The second-order valence-electron chi connectivity index (χ2n) is 6.03. The molecule has 1 aromatic carbocycles. The SMILES string of the molecule is Cc1c(C(=O)NCCC2=CCCCC2)nnn1-c1ccc(Br)cc1. The van der Waals surface area contributed by atoms with Crippen LogP contribution in [0.25, 0.3) is 5.69 Å². The van der Waals surface area contributed by atoms with E-state index in [4.69, 9.17) is 0 Å². The Kier molecular flexibility index (Phi) is 5.45. The Morgan fingerprint density at radius 3 is 2.79 bits per heavy atom. The highest BCUT2D eigenvalue weighted by Gasteiger charge is 2.17. The molecule has 0 unspecified atom stereocenters. The molecular formula is C18H21BrN4O. The molecule has 0 fully saturated rings. The zero-order valence-electron chi connectivity index (χ0n) is 13.8. The van der Waals surface area contributed by atoms with Gasteiger partial charge in [0.05, 0.1) is 11.4 Å². The molecule has 1 aliphatic carbocycles. The van der Waals surface area contributed by atoms with Crippen LogP contribution in [0.2, 0.25) is 0 Å². The van der Waals surface area contributed by atoms with E-state index >= 15 is 0 Å². The van der Waals surface area contributed by atoms with Crippen molar-refractivity contribution in [1.82, 2.24) is 20.3 Å². The maximum atomic E-state index is 12.4. The second kappa shape index (κ2) is 7.75. The van der Waals surface area contributed by atoms with Gasteiger partial charge in [0.1, 0.15) is 0 Å². The Balaban J connectivity index is 1.63. The van der Waals surface area contributed by atoms with Crippen LogP contribution in [0.1, 0.15) is 48.3 Å². The summed E-state index contributed by atoms with van der Waals surface area (Å²) < 4.78 is 2.68. The van der Waals surface area contributed by atoms with Crippen LogP contribution >= 0.6 is 15.9 Å². The molecule has 1 aliphatic rings. The lowest BCUT2D eigenvalue weighted by Crippen LogP contribution is -2.26. The first-order valence-electron chi connectivity index (χ1n) is 8.29. The molecule has 126 valence electrons. The van der Waals surface area contributed by atoms with Crippen LogP contribution in [-0.4, -0.2) is 27.4 Å². The predicted octanol–water partition coefficient (Wildman–Crippen LogP) is 3.96. The number of nitrogens with zero attached hydrogens (tertiary/aromatic N) is 3. The van der Waals surface area contributed by atoms with Gasteiger partial charge < -0.3 is 5.32 Å². The number of hydrogen-bond acceptors (Lipinski definition) is 3. The number of nitrogens with one attached hydrogen (secondary N) is 1. The molecule has 0 saturated carbocycles. The van der Waals surface area contributed by atoms with Crippen molar-refractivity contribution in [2.75, 3.05) is 6.54 Å². The van der Waals surface area contributed by atoms with E-state index in [9.17, 15) is 4.79 Å². The molecule has 0 spiro atoms. The van der Waals surface area contributed by atoms with Crippen molar-refractivity contribution < 1.29 is 4.79 Å². The number of aromatic nitrogens is 3. The minimum absolute atomic E-state index is 0.160. The summed E-state index contributed by atoms with van der Waals surface area (Å²) in [5.74, 6) is -0.160. The summed E-state index contributed by atoms with van der Waals surface area (Å²) >= 11 is 3.41. The number of carbonyl (C=O) groups is 1. The third kappa shape index (κ3) is 3.93. The van der Waals surface area contributed by atoms with E-state index in [0.29, 0.717) is 12.2 Å². The molecule has 0 atom stereocenters. The molecule has 2 aromatic rings. The Morgan fingerprint density at radius 2 is 2.08 bits per heavy atom. The van der Waals surface area contributed by atoms with Gasteiger partial charge in [-0.1, -0.05) is 32.8 Å². The lowest BCUT2D eigenvalue weighted by molar-refractivity contribution is 0.0948. The first-order valence-corrected chi connectivity index (χ1v) is 9.09. The van der Waals surface area contributed by atoms with Gasteiger partial charge in [0.15, 0.2) is 5.69 Å². The number of halogens is 1. The maximum Gasteiger partial charge on any atom is 0.273 e. The van der Waals surface area contributed by atoms with Crippen molar-refractivity contribution in [1.29, 1.82) is 0 Å². The van der Waals surface area contributed by atoms with Gasteiger partial charge in [0, 0.05) is 11.0 Å². The number of amides is 1. The molecule has 0 bridgehead atoms. The van der Waals surface area contributed by atoms with Gasteiger partial charge in [-0.05, 0) is 63.3 Å². The Morgan fingerprint density at radius 1 is 1.29 bits per heavy atom. The quantitative estimate of drug-likeness (QED) is 0.788. The zero-order chi connectivity index (χ0) is 16.9. The number of allylic oxidation sites excluding steroid dienone is 1. The summed E-state index contributed by atoms with van der Waals surface area (Å²) in [6, 6.07) is 7.74. The molecule has 1 N–H and O–H groups in total. The lowest BCUT2D eigenvalue weighted by Gasteiger charge is -2.12. The highest BCUT2D eigenvalue weighted by Crippen LogP contribution is 2.19. The van der Waals surface area contributed by atoms with Gasteiger partial charge in [0.2, 0.25) is 0 Å². The molecule has 1 amide bonds. The number of carbonyl (C=O) groups excluding carboxylic acids is 1. The molecule has 0 radical (unpaired) electrons. The lowest BCUT2D eigenvalue weighted by atomic mass is 9.97. The third-order valence-electron chi connectivity index (χ3n) is 4.30. The Labute approximate surface area is 150 Å². The fourth-order valence-corrected chi connectivity index (χ4v) is 3.18. The van der Waals surface area contributed by atoms with E-state index in [0.717, 1.165) is 28.7 Å². The van der Waals surface area contributed by atoms with E-state index in [1.165, 1.54) is 24.8 Å². The molecular weight excluding hydrogens is 368 g/mol. The molecule has 0 aliphatic heterocycles. The second-order valence-corrected chi connectivity index (χ2v) is 6.94. The highest BCUT2D eigenvalue weighted by atomic mass is 79.9. The smallest absolute Gasteiger partial charge is 0.273 e. The van der Waals surface area contributed by atoms with Crippen LogP contribution in [0.4, 0.5) is 0 Å². The molecule has 1 heterocycles. The van der Waals surface area contributed by atoms with E-state index in [-0.39, 0.29) is 5.91 Å². The van der Waals surface area contributed by atoms with Gasteiger partial charge in [-0.25, -0.2) is 4.68 Å². The fourth-order valence-electron chi connectivity index (χ4n) is 2.92. The van der Waals surface area contributed by atoms with Gasteiger partial charge in [0.25, 0.3) is 5.91 Å². The minimum Gasteiger partial charge on any atom is -0.350 e. The summed E-state index contributed by atoms with van der Waals surface area (Å²) in [6.07, 6.45) is 8.11. The first kappa shape index (κ1) is 16.9. The van der Waals surface area contributed by atoms with Crippen LogP contribution < -0.4 is 5.32 Å². The van der Waals surface area contributed by atoms with Crippen molar-refractivity contribution in [3.63, 3.8) is 0 Å². The summed E-state index contributed by atoms with van der Waals surface area (Å²) in [5, 5.41) is 11.1. The number of rotatable bonds is 5. The van der Waals surface area contributed by atoms with Crippen molar-refractivity contribution >= 4 is 21.8 Å². The van der Waals surface area contributed by atoms with E-state index in [1.54, 1.807) is 4.68 Å². The average Bonchev–Trinajstić information content (AvgIpc) is 2.98. The summed E-state index contributed by atoms with van der Waals surface area (Å²) in [4.78, 5) is 12.4. The fraction of sp³-hybridized carbons (Fsp3) is 0.389. The molecule has 1 aromatic heterocycles. The van der Waals surface area contributed by atoms with E-state index in [1.807, 2.05) is 31.2 Å².